The van der Waals surface area contributed by atoms with Crippen molar-refractivity contribution in [3.8, 4) is 0 Å². The summed E-state index contributed by atoms with van der Waals surface area (Å²) in [7, 11) is 0. The fourth-order valence-electron chi connectivity index (χ4n) is 11.7. The van der Waals surface area contributed by atoms with Crippen LogP contribution in [0.15, 0.2) is 11.6 Å². The van der Waals surface area contributed by atoms with Gasteiger partial charge >= 0.3 is 5.97 Å². The van der Waals surface area contributed by atoms with Crippen molar-refractivity contribution < 1.29 is 14.6 Å². The monoisotopic (exact) mass is 484 g/mol. The normalized spacial score (nSPS) is 54.9. The molecular formula is C32H52O3. The van der Waals surface area contributed by atoms with Crippen molar-refractivity contribution in [1.82, 2.24) is 0 Å². The van der Waals surface area contributed by atoms with Crippen molar-refractivity contribution in [3.05, 3.63) is 11.6 Å². The van der Waals surface area contributed by atoms with Crippen LogP contribution in [0.4, 0.5) is 0 Å². The summed E-state index contributed by atoms with van der Waals surface area (Å²) in [5.74, 6) is 2.91. The van der Waals surface area contributed by atoms with E-state index < -0.39 is 0 Å². The first kappa shape index (κ1) is 25.8. The third-order valence-electron chi connectivity index (χ3n) is 13.9. The standard InChI is InChI=1S/C32H52O3/c1-19-12-15-30(7)25(34)18-32(9)22(27(30)20(19)2)10-11-24-29(6)16-14-26(35-21(3)33)28(4,5)23(29)13-17-31(24,32)8/h12,20,22-27,34H,10-11,13-18H2,1-9H3. The second kappa shape index (κ2) is 7.84. The van der Waals surface area contributed by atoms with Gasteiger partial charge in [-0.25, -0.2) is 0 Å². The third kappa shape index (κ3) is 3.21. The van der Waals surface area contributed by atoms with E-state index in [1.165, 1.54) is 31.3 Å². The highest BCUT2D eigenvalue weighted by Gasteiger charge is 2.71. The molecule has 0 bridgehead atoms. The molecule has 5 aliphatic carbocycles. The average molecular weight is 485 g/mol. The molecule has 5 rings (SSSR count). The van der Waals surface area contributed by atoms with Crippen LogP contribution in [0.5, 0.6) is 0 Å². The molecule has 0 aromatic carbocycles. The van der Waals surface area contributed by atoms with Gasteiger partial charge in [-0.05, 0) is 104 Å². The summed E-state index contributed by atoms with van der Waals surface area (Å²) in [5.41, 5.74) is 2.22. The minimum Gasteiger partial charge on any atom is -0.462 e. The van der Waals surface area contributed by atoms with Crippen LogP contribution in [-0.2, 0) is 9.53 Å². The summed E-state index contributed by atoms with van der Waals surface area (Å²) >= 11 is 0. The van der Waals surface area contributed by atoms with Gasteiger partial charge in [0.05, 0.1) is 6.10 Å². The largest absolute Gasteiger partial charge is 0.462 e. The van der Waals surface area contributed by atoms with E-state index in [1.54, 1.807) is 6.92 Å². The van der Waals surface area contributed by atoms with Crippen LogP contribution in [0.3, 0.4) is 0 Å². The first-order chi connectivity index (χ1) is 16.1. The van der Waals surface area contributed by atoms with Crippen molar-refractivity contribution in [1.29, 1.82) is 0 Å². The van der Waals surface area contributed by atoms with Crippen molar-refractivity contribution in [2.24, 2.45) is 56.7 Å². The van der Waals surface area contributed by atoms with Crippen LogP contribution in [0.1, 0.15) is 114 Å². The highest BCUT2D eigenvalue weighted by atomic mass is 16.5. The van der Waals surface area contributed by atoms with E-state index in [1.807, 2.05) is 0 Å². The molecule has 0 heterocycles. The lowest BCUT2D eigenvalue weighted by Crippen LogP contribution is -2.69. The Morgan fingerprint density at radius 2 is 1.63 bits per heavy atom. The lowest BCUT2D eigenvalue weighted by atomic mass is 9.31. The topological polar surface area (TPSA) is 46.5 Å². The summed E-state index contributed by atoms with van der Waals surface area (Å²) in [5, 5.41) is 11.8. The van der Waals surface area contributed by atoms with Crippen LogP contribution in [0.25, 0.3) is 0 Å². The Morgan fingerprint density at radius 3 is 2.29 bits per heavy atom. The number of allylic oxidation sites excluding steroid dienone is 2. The Hall–Kier alpha value is -0.830. The molecule has 0 saturated heterocycles. The number of rotatable bonds is 1. The molecular weight excluding hydrogens is 432 g/mol. The van der Waals surface area contributed by atoms with E-state index in [-0.39, 0.29) is 45.3 Å². The molecule has 3 heteroatoms. The van der Waals surface area contributed by atoms with Crippen molar-refractivity contribution >= 4 is 5.97 Å². The molecule has 4 saturated carbocycles. The second-order valence-corrected chi connectivity index (χ2v) is 15.3. The molecule has 0 aromatic heterocycles. The lowest BCUT2D eigenvalue weighted by Gasteiger charge is -2.74. The van der Waals surface area contributed by atoms with Crippen LogP contribution >= 0.6 is 0 Å². The first-order valence-corrected chi connectivity index (χ1v) is 14.6. The zero-order valence-electron chi connectivity index (χ0n) is 24.0. The van der Waals surface area contributed by atoms with Crippen LogP contribution in [0.2, 0.25) is 0 Å². The third-order valence-corrected chi connectivity index (χ3v) is 13.9. The number of aliphatic hydroxyl groups excluding tert-OH is 1. The molecule has 3 nitrogen and oxygen atoms in total. The van der Waals surface area contributed by atoms with Gasteiger partial charge in [0.2, 0.25) is 0 Å². The number of ether oxygens (including phenoxy) is 1. The summed E-state index contributed by atoms with van der Waals surface area (Å²) in [6, 6.07) is 0. The molecule has 11 unspecified atom stereocenters. The predicted octanol–water partition coefficient (Wildman–Crippen LogP) is 7.57. The highest BCUT2D eigenvalue weighted by molar-refractivity contribution is 5.66. The van der Waals surface area contributed by atoms with Crippen molar-refractivity contribution in [2.45, 2.75) is 126 Å². The molecule has 0 aromatic rings. The lowest BCUT2D eigenvalue weighted by molar-refractivity contribution is -0.268. The summed E-state index contributed by atoms with van der Waals surface area (Å²) in [6.45, 7) is 21.3. The highest BCUT2D eigenvalue weighted by Crippen LogP contribution is 2.76. The van der Waals surface area contributed by atoms with Gasteiger partial charge in [-0.3, -0.25) is 4.79 Å². The fourth-order valence-corrected chi connectivity index (χ4v) is 11.7. The number of carbonyl (C=O) groups excluding carboxylic acids is 1. The van der Waals surface area contributed by atoms with E-state index in [4.69, 9.17) is 4.74 Å². The summed E-state index contributed by atoms with van der Waals surface area (Å²) in [4.78, 5) is 11.9. The Morgan fingerprint density at radius 1 is 0.943 bits per heavy atom. The maximum absolute atomic E-state index is 11.9. The van der Waals surface area contributed by atoms with Crippen molar-refractivity contribution in [3.63, 3.8) is 0 Å². The van der Waals surface area contributed by atoms with E-state index in [9.17, 15) is 9.90 Å². The van der Waals surface area contributed by atoms with Crippen LogP contribution < -0.4 is 0 Å². The molecule has 0 spiro atoms. The molecule has 11 atom stereocenters. The molecule has 0 amide bonds. The minimum atomic E-state index is -0.224. The second-order valence-electron chi connectivity index (χ2n) is 15.3. The minimum absolute atomic E-state index is 0.00218. The van der Waals surface area contributed by atoms with Crippen molar-refractivity contribution in [2.75, 3.05) is 0 Å². The molecule has 0 aliphatic heterocycles. The van der Waals surface area contributed by atoms with Gasteiger partial charge in [0, 0.05) is 17.8 Å². The molecule has 198 valence electrons. The van der Waals surface area contributed by atoms with Gasteiger partial charge in [-0.1, -0.05) is 60.1 Å². The summed E-state index contributed by atoms with van der Waals surface area (Å²) in [6.07, 6.45) is 11.4. The zero-order chi connectivity index (χ0) is 25.8. The van der Waals surface area contributed by atoms with Gasteiger partial charge in [-0.15, -0.1) is 0 Å². The van der Waals surface area contributed by atoms with E-state index in [0.29, 0.717) is 29.6 Å². The molecule has 5 aliphatic rings. The number of esters is 1. The predicted molar refractivity (Wildman–Crippen MR) is 142 cm³/mol. The Balaban J connectivity index is 1.53. The van der Waals surface area contributed by atoms with Gasteiger partial charge in [0.15, 0.2) is 0 Å². The SMILES string of the molecule is CC(=O)OC1CCC2(C)C(CCC3(C)C2CCC2C4C(C)C(C)=CCC4(C)C(O)CC23C)C1(C)C. The molecule has 1 N–H and O–H groups in total. The molecule has 4 fully saturated rings. The maximum atomic E-state index is 11.9. The van der Waals surface area contributed by atoms with E-state index in [2.05, 4.69) is 61.5 Å². The van der Waals surface area contributed by atoms with Crippen LogP contribution in [0, 0.1) is 56.7 Å². The van der Waals surface area contributed by atoms with E-state index in [0.717, 1.165) is 25.7 Å². The van der Waals surface area contributed by atoms with E-state index >= 15 is 0 Å². The fraction of sp³-hybridized carbons (Fsp3) is 0.906. The Bertz CT molecular complexity index is 920. The summed E-state index contributed by atoms with van der Waals surface area (Å²) < 4.78 is 5.90. The number of aliphatic hydroxyl groups is 1. The Labute approximate surface area is 214 Å². The Kier molecular flexibility index (Phi) is 5.78. The average Bonchev–Trinajstić information content (AvgIpc) is 2.75. The van der Waals surface area contributed by atoms with Gasteiger partial charge in [0.1, 0.15) is 6.10 Å². The quantitative estimate of drug-likeness (QED) is 0.308. The van der Waals surface area contributed by atoms with Gasteiger partial charge < -0.3 is 9.84 Å². The number of hydrogen-bond donors (Lipinski definition) is 1. The molecule has 0 radical (unpaired) electrons. The number of fused-ring (bicyclic) bond motifs is 7. The van der Waals surface area contributed by atoms with Gasteiger partial charge in [-0.2, -0.15) is 0 Å². The zero-order valence-corrected chi connectivity index (χ0v) is 24.0. The maximum Gasteiger partial charge on any atom is 0.302 e. The van der Waals surface area contributed by atoms with Gasteiger partial charge in [0.25, 0.3) is 0 Å². The van der Waals surface area contributed by atoms with Crippen LogP contribution in [-0.4, -0.2) is 23.3 Å². The first-order valence-electron chi connectivity index (χ1n) is 14.6. The number of hydrogen-bond acceptors (Lipinski definition) is 3. The number of carbonyl (C=O) groups is 1. The smallest absolute Gasteiger partial charge is 0.302 e. The molecule has 35 heavy (non-hydrogen) atoms.